The predicted molar refractivity (Wildman–Crippen MR) is 150 cm³/mol. The van der Waals surface area contributed by atoms with Crippen molar-refractivity contribution in [1.82, 2.24) is 30.2 Å². The number of halogens is 3. The van der Waals surface area contributed by atoms with Crippen molar-refractivity contribution in [3.8, 4) is 22.8 Å². The molecule has 1 unspecified atom stereocenters. The van der Waals surface area contributed by atoms with Gasteiger partial charge in [-0.2, -0.15) is 0 Å². The first-order chi connectivity index (χ1) is 18.8. The fourth-order valence-corrected chi connectivity index (χ4v) is 4.88. The van der Waals surface area contributed by atoms with Crippen LogP contribution in [0.4, 0.5) is 5.82 Å². The number of anilines is 1. The Morgan fingerprint density at radius 3 is 2.56 bits per heavy atom. The van der Waals surface area contributed by atoms with E-state index in [0.29, 0.717) is 56.1 Å². The molecule has 0 aliphatic carbocycles. The van der Waals surface area contributed by atoms with E-state index in [2.05, 4.69) is 20.6 Å². The van der Waals surface area contributed by atoms with Crippen LogP contribution in [0, 0.1) is 0 Å². The summed E-state index contributed by atoms with van der Waals surface area (Å²) in [6, 6.07) is 11.8. The molecule has 200 valence electrons. The second-order valence-electron chi connectivity index (χ2n) is 8.68. The van der Waals surface area contributed by atoms with Gasteiger partial charge in [0.1, 0.15) is 5.52 Å². The van der Waals surface area contributed by atoms with Gasteiger partial charge in [0.15, 0.2) is 17.3 Å². The zero-order valence-corrected chi connectivity index (χ0v) is 22.8. The SMILES string of the molecule is CCn1c(-c2nonc2N)nc2c(-c3cccc(Cl)c3Cl)ncc(C(=O)NC(CO)Cc3ccc(Cl)cc3)c21. The zero-order chi connectivity index (χ0) is 27.7. The minimum absolute atomic E-state index is 0.0459. The molecule has 0 saturated heterocycles. The maximum atomic E-state index is 13.6. The first-order valence-corrected chi connectivity index (χ1v) is 13.0. The van der Waals surface area contributed by atoms with Crippen molar-refractivity contribution in [2.24, 2.45) is 0 Å². The van der Waals surface area contributed by atoms with Crippen LogP contribution in [-0.4, -0.2) is 48.5 Å². The van der Waals surface area contributed by atoms with Gasteiger partial charge in [0, 0.05) is 23.3 Å². The number of carbonyl (C=O) groups excluding carboxylic acids is 1. The van der Waals surface area contributed by atoms with Gasteiger partial charge in [0.05, 0.1) is 39.5 Å². The Morgan fingerprint density at radius 2 is 1.90 bits per heavy atom. The molecule has 3 heterocycles. The minimum Gasteiger partial charge on any atom is -0.394 e. The Labute approximate surface area is 237 Å². The second-order valence-corrected chi connectivity index (χ2v) is 9.90. The quantitative estimate of drug-likeness (QED) is 0.229. The summed E-state index contributed by atoms with van der Waals surface area (Å²) in [4.78, 5) is 23.0. The number of nitrogen functional groups attached to an aromatic ring is 1. The number of aryl methyl sites for hydroxylation is 1. The number of hydrogen-bond acceptors (Lipinski definition) is 8. The van der Waals surface area contributed by atoms with Crippen molar-refractivity contribution in [2.75, 3.05) is 12.3 Å². The maximum Gasteiger partial charge on any atom is 0.255 e. The lowest BCUT2D eigenvalue weighted by Gasteiger charge is -2.18. The summed E-state index contributed by atoms with van der Waals surface area (Å²) in [5.74, 6) is -0.0613. The number of benzene rings is 2. The number of hydrogen-bond donors (Lipinski definition) is 3. The van der Waals surface area contributed by atoms with Crippen LogP contribution in [0.1, 0.15) is 22.8 Å². The second kappa shape index (κ2) is 11.2. The van der Waals surface area contributed by atoms with Crippen molar-refractivity contribution < 1.29 is 14.5 Å². The maximum absolute atomic E-state index is 13.6. The molecule has 3 aromatic heterocycles. The minimum atomic E-state index is -0.566. The first kappa shape index (κ1) is 26.9. The van der Waals surface area contributed by atoms with Crippen LogP contribution in [0.2, 0.25) is 15.1 Å². The monoisotopic (exact) mass is 585 g/mol. The fraction of sp³-hybridized carbons (Fsp3) is 0.192. The van der Waals surface area contributed by atoms with Crippen LogP contribution < -0.4 is 11.1 Å². The molecule has 5 aromatic rings. The molecule has 5 rings (SSSR count). The van der Waals surface area contributed by atoms with E-state index in [1.165, 1.54) is 6.20 Å². The number of imidazole rings is 1. The highest BCUT2D eigenvalue weighted by molar-refractivity contribution is 6.43. The summed E-state index contributed by atoms with van der Waals surface area (Å²) in [6.07, 6.45) is 1.84. The molecule has 13 heteroatoms. The van der Waals surface area contributed by atoms with Crippen LogP contribution in [0.15, 0.2) is 53.3 Å². The molecule has 1 amide bonds. The van der Waals surface area contributed by atoms with Crippen molar-refractivity contribution in [1.29, 1.82) is 0 Å². The smallest absolute Gasteiger partial charge is 0.255 e. The number of amides is 1. The highest BCUT2D eigenvalue weighted by Gasteiger charge is 2.27. The molecule has 0 saturated carbocycles. The van der Waals surface area contributed by atoms with Crippen molar-refractivity contribution >= 4 is 57.6 Å². The third kappa shape index (κ3) is 5.16. The van der Waals surface area contributed by atoms with E-state index in [1.54, 1.807) is 34.9 Å². The zero-order valence-electron chi connectivity index (χ0n) is 20.5. The van der Waals surface area contributed by atoms with Gasteiger partial charge in [0.2, 0.25) is 0 Å². The van der Waals surface area contributed by atoms with Crippen molar-refractivity contribution in [3.05, 3.63) is 74.9 Å². The van der Waals surface area contributed by atoms with E-state index < -0.39 is 11.9 Å². The number of pyridine rings is 1. The molecule has 39 heavy (non-hydrogen) atoms. The van der Waals surface area contributed by atoms with E-state index in [9.17, 15) is 9.90 Å². The van der Waals surface area contributed by atoms with Gasteiger partial charge in [-0.25, -0.2) is 9.61 Å². The number of nitrogens with zero attached hydrogens (tertiary/aromatic N) is 5. The van der Waals surface area contributed by atoms with E-state index in [1.807, 2.05) is 19.1 Å². The Kier molecular flexibility index (Phi) is 7.72. The van der Waals surface area contributed by atoms with E-state index in [4.69, 9.17) is 50.1 Å². The van der Waals surface area contributed by atoms with Gasteiger partial charge in [0.25, 0.3) is 5.91 Å². The standard InChI is InChI=1S/C26H22Cl3N7O3/c1-2-36-23-17(26(38)32-15(12-37)10-13-6-8-14(27)9-7-13)11-31-20(16-4-3-5-18(28)19(16)29)21(23)33-25(36)22-24(30)35-39-34-22/h3-9,11,15,37H,2,10,12H2,1H3,(H2,30,35)(H,32,38). The normalized spacial score (nSPS) is 12.1. The summed E-state index contributed by atoms with van der Waals surface area (Å²) in [5, 5.41) is 21.7. The van der Waals surface area contributed by atoms with E-state index in [0.717, 1.165) is 5.56 Å². The molecule has 4 N–H and O–H groups in total. The highest BCUT2D eigenvalue weighted by atomic mass is 35.5. The van der Waals surface area contributed by atoms with Gasteiger partial charge >= 0.3 is 0 Å². The summed E-state index contributed by atoms with van der Waals surface area (Å²) < 4.78 is 6.58. The third-order valence-electron chi connectivity index (χ3n) is 6.21. The molecule has 0 fully saturated rings. The Balaban J connectivity index is 1.64. The lowest BCUT2D eigenvalue weighted by atomic mass is 10.1. The summed E-state index contributed by atoms with van der Waals surface area (Å²) >= 11 is 18.8. The number of fused-ring (bicyclic) bond motifs is 1. The number of carbonyl (C=O) groups is 1. The third-order valence-corrected chi connectivity index (χ3v) is 7.28. The average molecular weight is 587 g/mol. The number of aliphatic hydroxyl groups is 1. The van der Waals surface area contributed by atoms with Crippen LogP contribution in [0.3, 0.4) is 0 Å². The van der Waals surface area contributed by atoms with Crippen molar-refractivity contribution in [3.63, 3.8) is 0 Å². The molecule has 1 atom stereocenters. The number of aromatic nitrogens is 5. The molecular formula is C26H22Cl3N7O3. The van der Waals surface area contributed by atoms with Gasteiger partial charge in [-0.3, -0.25) is 9.78 Å². The van der Waals surface area contributed by atoms with Gasteiger partial charge in [-0.15, -0.1) is 0 Å². The van der Waals surface area contributed by atoms with Gasteiger partial charge < -0.3 is 20.7 Å². The predicted octanol–water partition coefficient (Wildman–Crippen LogP) is 5.04. The molecule has 0 aliphatic heterocycles. The molecule has 0 radical (unpaired) electrons. The average Bonchev–Trinajstić information content (AvgIpc) is 3.53. The number of nitrogens with one attached hydrogen (secondary N) is 1. The number of rotatable bonds is 8. The summed E-state index contributed by atoms with van der Waals surface area (Å²) in [5.41, 5.74) is 9.15. The Hall–Kier alpha value is -3.70. The van der Waals surface area contributed by atoms with Crippen molar-refractivity contribution in [2.45, 2.75) is 25.9 Å². The fourth-order valence-electron chi connectivity index (χ4n) is 4.36. The van der Waals surface area contributed by atoms with Crippen LogP contribution in [0.5, 0.6) is 0 Å². The molecular weight excluding hydrogens is 565 g/mol. The van der Waals surface area contributed by atoms with Crippen LogP contribution in [-0.2, 0) is 13.0 Å². The Morgan fingerprint density at radius 1 is 1.13 bits per heavy atom. The largest absolute Gasteiger partial charge is 0.394 e. The number of nitrogens with two attached hydrogens (primary N) is 1. The summed E-state index contributed by atoms with van der Waals surface area (Å²) in [7, 11) is 0. The molecule has 10 nitrogen and oxygen atoms in total. The molecule has 2 aromatic carbocycles. The van der Waals surface area contributed by atoms with E-state index >= 15 is 0 Å². The lowest BCUT2D eigenvalue weighted by molar-refractivity contribution is 0.0917. The first-order valence-electron chi connectivity index (χ1n) is 11.9. The van der Waals surface area contributed by atoms with Gasteiger partial charge in [-0.05, 0) is 47.4 Å². The highest BCUT2D eigenvalue weighted by Crippen LogP contribution is 2.38. The van der Waals surface area contributed by atoms with Crippen LogP contribution >= 0.6 is 34.8 Å². The topological polar surface area (TPSA) is 145 Å². The molecule has 0 spiro atoms. The van der Waals surface area contributed by atoms with Crippen LogP contribution in [0.25, 0.3) is 33.8 Å². The van der Waals surface area contributed by atoms with Gasteiger partial charge in [-0.1, -0.05) is 59.1 Å². The Bertz CT molecular complexity index is 1670. The molecule has 0 bridgehead atoms. The molecule has 0 aliphatic rings. The lowest BCUT2D eigenvalue weighted by Crippen LogP contribution is -2.39. The van der Waals surface area contributed by atoms with E-state index in [-0.39, 0.29) is 23.7 Å². The number of aliphatic hydroxyl groups excluding tert-OH is 1. The summed E-state index contributed by atoms with van der Waals surface area (Å²) in [6.45, 7) is 2.01.